The molecule has 0 unspecified atom stereocenters. The number of carbonyl (C=O) groups is 2. The molecule has 1 aromatic carbocycles. The molecule has 0 saturated heterocycles. The summed E-state index contributed by atoms with van der Waals surface area (Å²) >= 11 is 0. The van der Waals surface area contributed by atoms with Crippen molar-refractivity contribution < 1.29 is 19.1 Å². The third kappa shape index (κ3) is 3.99. The van der Waals surface area contributed by atoms with E-state index in [0.717, 1.165) is 18.4 Å². The molecule has 0 fully saturated rings. The minimum absolute atomic E-state index is 0.167. The molecule has 0 radical (unpaired) electrons. The first-order valence-corrected chi connectivity index (χ1v) is 8.28. The van der Waals surface area contributed by atoms with Crippen LogP contribution < -0.4 is 14.8 Å². The van der Waals surface area contributed by atoms with Crippen LogP contribution in [0.3, 0.4) is 0 Å². The van der Waals surface area contributed by atoms with Crippen LogP contribution in [-0.4, -0.2) is 37.1 Å². The second-order valence-corrected chi connectivity index (χ2v) is 6.58. The van der Waals surface area contributed by atoms with Gasteiger partial charge in [-0.15, -0.1) is 0 Å². The standard InChI is InChI=1S/C18H26N2O4/c1-5-6-9-20(4)17(22)18(2,3)16(21)19-11-13-7-8-14-15(10-13)24-12-23-14/h7-8,10H,5-6,9,11-12H2,1-4H3,(H,19,21). The second kappa shape index (κ2) is 7.55. The van der Waals surface area contributed by atoms with Gasteiger partial charge in [-0.25, -0.2) is 0 Å². The number of hydrogen-bond acceptors (Lipinski definition) is 4. The molecule has 6 heteroatoms. The molecule has 0 saturated carbocycles. The molecule has 1 aliphatic heterocycles. The van der Waals surface area contributed by atoms with Gasteiger partial charge in [0.2, 0.25) is 18.6 Å². The van der Waals surface area contributed by atoms with Gasteiger partial charge in [0.05, 0.1) is 0 Å². The Morgan fingerprint density at radius 1 is 1.25 bits per heavy atom. The Hall–Kier alpha value is -2.24. The molecule has 2 rings (SSSR count). The van der Waals surface area contributed by atoms with Gasteiger partial charge in [0, 0.05) is 20.1 Å². The van der Waals surface area contributed by atoms with E-state index in [-0.39, 0.29) is 18.6 Å². The van der Waals surface area contributed by atoms with Crippen LogP contribution in [-0.2, 0) is 16.1 Å². The zero-order chi connectivity index (χ0) is 17.7. The highest BCUT2D eigenvalue weighted by atomic mass is 16.7. The summed E-state index contributed by atoms with van der Waals surface area (Å²) in [4.78, 5) is 26.6. The van der Waals surface area contributed by atoms with Crippen molar-refractivity contribution in [2.24, 2.45) is 5.41 Å². The highest BCUT2D eigenvalue weighted by Gasteiger charge is 2.37. The lowest BCUT2D eigenvalue weighted by Gasteiger charge is -2.28. The van der Waals surface area contributed by atoms with Gasteiger partial charge in [0.25, 0.3) is 0 Å². The molecule has 132 valence electrons. The molecule has 24 heavy (non-hydrogen) atoms. The lowest BCUT2D eigenvalue weighted by Crippen LogP contribution is -2.48. The molecular weight excluding hydrogens is 308 g/mol. The van der Waals surface area contributed by atoms with Crippen LogP contribution in [0.15, 0.2) is 18.2 Å². The maximum absolute atomic E-state index is 12.5. The van der Waals surface area contributed by atoms with E-state index in [0.29, 0.717) is 24.6 Å². The number of nitrogens with one attached hydrogen (secondary N) is 1. The van der Waals surface area contributed by atoms with Crippen molar-refractivity contribution in [2.45, 2.75) is 40.2 Å². The number of ether oxygens (including phenoxy) is 2. The van der Waals surface area contributed by atoms with E-state index in [4.69, 9.17) is 9.47 Å². The van der Waals surface area contributed by atoms with Gasteiger partial charge in [0.1, 0.15) is 5.41 Å². The SMILES string of the molecule is CCCCN(C)C(=O)C(C)(C)C(=O)NCc1ccc2c(c1)OCO2. The maximum Gasteiger partial charge on any atom is 0.237 e. The zero-order valence-corrected chi connectivity index (χ0v) is 14.8. The fourth-order valence-corrected chi connectivity index (χ4v) is 2.53. The zero-order valence-electron chi connectivity index (χ0n) is 14.8. The lowest BCUT2D eigenvalue weighted by molar-refractivity contribution is -0.147. The van der Waals surface area contributed by atoms with E-state index in [1.807, 2.05) is 18.2 Å². The first-order valence-electron chi connectivity index (χ1n) is 8.28. The molecule has 0 aliphatic carbocycles. The quantitative estimate of drug-likeness (QED) is 0.777. The first-order chi connectivity index (χ1) is 11.4. The Bertz CT molecular complexity index is 613. The Morgan fingerprint density at radius 2 is 1.96 bits per heavy atom. The van der Waals surface area contributed by atoms with Crippen molar-refractivity contribution in [2.75, 3.05) is 20.4 Å². The highest BCUT2D eigenvalue weighted by molar-refractivity contribution is 6.04. The number of fused-ring (bicyclic) bond motifs is 1. The molecular formula is C18H26N2O4. The Labute approximate surface area is 143 Å². The van der Waals surface area contributed by atoms with Crippen LogP contribution in [0.1, 0.15) is 39.2 Å². The van der Waals surface area contributed by atoms with Crippen molar-refractivity contribution in [3.05, 3.63) is 23.8 Å². The van der Waals surface area contributed by atoms with Gasteiger partial charge >= 0.3 is 0 Å². The fourth-order valence-electron chi connectivity index (χ4n) is 2.53. The van der Waals surface area contributed by atoms with E-state index in [9.17, 15) is 9.59 Å². The Kier molecular flexibility index (Phi) is 5.70. The molecule has 2 amide bonds. The molecule has 0 spiro atoms. The second-order valence-electron chi connectivity index (χ2n) is 6.58. The van der Waals surface area contributed by atoms with E-state index >= 15 is 0 Å². The number of nitrogens with zero attached hydrogens (tertiary/aromatic N) is 1. The first kappa shape index (κ1) is 18.1. The number of hydrogen-bond donors (Lipinski definition) is 1. The summed E-state index contributed by atoms with van der Waals surface area (Å²) in [6, 6.07) is 5.53. The average molecular weight is 334 g/mol. The van der Waals surface area contributed by atoms with E-state index in [1.165, 1.54) is 0 Å². The summed E-state index contributed by atoms with van der Waals surface area (Å²) in [6.45, 7) is 6.61. The van der Waals surface area contributed by atoms with Gasteiger partial charge in [0.15, 0.2) is 11.5 Å². The molecule has 1 heterocycles. The predicted molar refractivity (Wildman–Crippen MR) is 90.7 cm³/mol. The van der Waals surface area contributed by atoms with Crippen LogP contribution in [0.5, 0.6) is 11.5 Å². The number of amides is 2. The van der Waals surface area contributed by atoms with Crippen LogP contribution in [0.25, 0.3) is 0 Å². The topological polar surface area (TPSA) is 67.9 Å². The normalized spacial score (nSPS) is 12.8. The molecule has 0 atom stereocenters. The highest BCUT2D eigenvalue weighted by Crippen LogP contribution is 2.32. The summed E-state index contributed by atoms with van der Waals surface area (Å²) in [5.74, 6) is 0.933. The largest absolute Gasteiger partial charge is 0.454 e. The monoisotopic (exact) mass is 334 g/mol. The minimum atomic E-state index is -1.10. The summed E-state index contributed by atoms with van der Waals surface area (Å²) in [6.07, 6.45) is 1.94. The Balaban J connectivity index is 1.94. The summed E-state index contributed by atoms with van der Waals surface area (Å²) in [7, 11) is 1.74. The molecule has 1 aliphatic rings. The van der Waals surface area contributed by atoms with Crippen molar-refractivity contribution in [3.8, 4) is 11.5 Å². The maximum atomic E-state index is 12.5. The van der Waals surface area contributed by atoms with E-state index in [1.54, 1.807) is 25.8 Å². The van der Waals surface area contributed by atoms with E-state index < -0.39 is 5.41 Å². The number of carbonyl (C=O) groups excluding carboxylic acids is 2. The molecule has 0 bridgehead atoms. The van der Waals surface area contributed by atoms with Crippen LogP contribution >= 0.6 is 0 Å². The van der Waals surface area contributed by atoms with Crippen molar-refractivity contribution in [1.29, 1.82) is 0 Å². The van der Waals surface area contributed by atoms with Gasteiger partial charge in [-0.1, -0.05) is 19.4 Å². The van der Waals surface area contributed by atoms with E-state index in [2.05, 4.69) is 12.2 Å². The summed E-state index contributed by atoms with van der Waals surface area (Å²) in [5.41, 5.74) is -0.200. The average Bonchev–Trinajstić information content (AvgIpc) is 3.04. The molecule has 1 aromatic rings. The van der Waals surface area contributed by atoms with Crippen LogP contribution in [0.4, 0.5) is 0 Å². The van der Waals surface area contributed by atoms with Crippen molar-refractivity contribution in [1.82, 2.24) is 10.2 Å². The van der Waals surface area contributed by atoms with Crippen molar-refractivity contribution >= 4 is 11.8 Å². The van der Waals surface area contributed by atoms with Gasteiger partial charge in [-0.2, -0.15) is 0 Å². The Morgan fingerprint density at radius 3 is 2.67 bits per heavy atom. The number of unbranched alkanes of at least 4 members (excludes halogenated alkanes) is 1. The number of benzene rings is 1. The molecule has 0 aromatic heterocycles. The molecule has 6 nitrogen and oxygen atoms in total. The van der Waals surface area contributed by atoms with Crippen molar-refractivity contribution in [3.63, 3.8) is 0 Å². The van der Waals surface area contributed by atoms with Gasteiger partial charge in [-0.05, 0) is 38.0 Å². The van der Waals surface area contributed by atoms with Crippen LogP contribution in [0, 0.1) is 5.41 Å². The van der Waals surface area contributed by atoms with Gasteiger partial charge < -0.3 is 19.7 Å². The fraction of sp³-hybridized carbons (Fsp3) is 0.556. The third-order valence-corrected chi connectivity index (χ3v) is 4.19. The smallest absolute Gasteiger partial charge is 0.237 e. The van der Waals surface area contributed by atoms with Crippen LogP contribution in [0.2, 0.25) is 0 Å². The minimum Gasteiger partial charge on any atom is -0.454 e. The predicted octanol–water partition coefficient (Wildman–Crippen LogP) is 2.32. The third-order valence-electron chi connectivity index (χ3n) is 4.19. The lowest BCUT2D eigenvalue weighted by atomic mass is 9.90. The summed E-state index contributed by atoms with van der Waals surface area (Å²) < 4.78 is 10.6. The molecule has 1 N–H and O–H groups in total. The van der Waals surface area contributed by atoms with Gasteiger partial charge in [-0.3, -0.25) is 9.59 Å². The number of rotatable bonds is 7. The summed E-state index contributed by atoms with van der Waals surface area (Å²) in [5, 5.41) is 2.84.